The summed E-state index contributed by atoms with van der Waals surface area (Å²) in [5, 5.41) is 9.73. The van der Waals surface area contributed by atoms with Gasteiger partial charge in [0, 0.05) is 5.54 Å². The molecule has 0 heterocycles. The van der Waals surface area contributed by atoms with Crippen molar-refractivity contribution < 1.29 is 14.2 Å². The summed E-state index contributed by atoms with van der Waals surface area (Å²) in [5.74, 6) is -0.822. The van der Waals surface area contributed by atoms with Crippen LogP contribution in [0.3, 0.4) is 0 Å². The molecule has 0 aliphatic heterocycles. The molecule has 3 nitrogen and oxygen atoms in total. The van der Waals surface area contributed by atoms with E-state index in [9.17, 15) is 9.50 Å². The van der Waals surface area contributed by atoms with E-state index in [1.54, 1.807) is 6.92 Å². The van der Waals surface area contributed by atoms with Crippen LogP contribution in [0.15, 0.2) is 6.07 Å². The molecule has 0 radical (unpaired) electrons. The van der Waals surface area contributed by atoms with Gasteiger partial charge in [-0.1, -0.05) is 0 Å². The topological polar surface area (TPSA) is 55.5 Å². The number of phenols is 1. The lowest BCUT2D eigenvalue weighted by Gasteiger charge is -2.16. The number of aromatic hydroxyl groups is 1. The number of rotatable bonds is 2. The predicted octanol–water partition coefficient (Wildman–Crippen LogP) is 1.80. The Morgan fingerprint density at radius 2 is 2.13 bits per heavy atom. The van der Waals surface area contributed by atoms with Crippen LogP contribution in [0.5, 0.6) is 11.5 Å². The first-order valence-corrected chi connectivity index (χ1v) is 4.85. The Hall–Kier alpha value is -1.29. The predicted molar refractivity (Wildman–Crippen MR) is 54.5 cm³/mol. The fraction of sp³-hybridized carbons (Fsp3) is 0.455. The minimum absolute atomic E-state index is 0.111. The Morgan fingerprint density at radius 3 is 2.60 bits per heavy atom. The van der Waals surface area contributed by atoms with Crippen molar-refractivity contribution in [1.82, 2.24) is 0 Å². The van der Waals surface area contributed by atoms with Crippen LogP contribution >= 0.6 is 0 Å². The molecule has 1 aromatic carbocycles. The van der Waals surface area contributed by atoms with E-state index in [1.165, 1.54) is 13.2 Å². The minimum Gasteiger partial charge on any atom is -0.504 e. The van der Waals surface area contributed by atoms with Crippen molar-refractivity contribution in [2.75, 3.05) is 7.11 Å². The van der Waals surface area contributed by atoms with Crippen LogP contribution in [0.2, 0.25) is 0 Å². The lowest BCUT2D eigenvalue weighted by molar-refractivity contribution is 0.348. The molecule has 0 bridgehead atoms. The smallest absolute Gasteiger partial charge is 0.196 e. The zero-order valence-electron chi connectivity index (χ0n) is 8.80. The first-order chi connectivity index (χ1) is 6.99. The van der Waals surface area contributed by atoms with E-state index in [2.05, 4.69) is 0 Å². The maximum absolute atomic E-state index is 13.5. The number of methoxy groups -OCH3 is 1. The molecule has 1 saturated carbocycles. The summed E-state index contributed by atoms with van der Waals surface area (Å²) < 4.78 is 18.3. The first kappa shape index (κ1) is 10.2. The second kappa shape index (κ2) is 3.10. The Kier molecular flexibility index (Phi) is 2.12. The van der Waals surface area contributed by atoms with E-state index in [1.807, 2.05) is 0 Å². The number of nitrogens with two attached hydrogens (primary N) is 1. The Labute approximate surface area is 87.7 Å². The highest BCUT2D eigenvalue weighted by Gasteiger charge is 2.42. The van der Waals surface area contributed by atoms with Crippen molar-refractivity contribution in [3.63, 3.8) is 0 Å². The van der Waals surface area contributed by atoms with Crippen LogP contribution in [0.25, 0.3) is 0 Å². The van der Waals surface area contributed by atoms with Gasteiger partial charge in [-0.3, -0.25) is 0 Å². The highest BCUT2D eigenvalue weighted by Crippen LogP contribution is 2.48. The van der Waals surface area contributed by atoms with Crippen LogP contribution in [-0.2, 0) is 5.54 Å². The van der Waals surface area contributed by atoms with Crippen molar-refractivity contribution >= 4 is 0 Å². The second-order valence-corrected chi connectivity index (χ2v) is 4.07. The van der Waals surface area contributed by atoms with Gasteiger partial charge in [-0.15, -0.1) is 0 Å². The Balaban J connectivity index is 2.59. The zero-order valence-corrected chi connectivity index (χ0v) is 8.80. The number of ether oxygens (including phenoxy) is 1. The molecule has 15 heavy (non-hydrogen) atoms. The normalized spacial score (nSPS) is 17.6. The standard InChI is InChI=1S/C11H14FNO2/c1-6-7(11(13)3-4-11)5-8(12)10(15-2)9(6)14/h5,14H,3-4,13H2,1-2H3. The fourth-order valence-corrected chi connectivity index (χ4v) is 1.83. The summed E-state index contributed by atoms with van der Waals surface area (Å²) in [5.41, 5.74) is 6.81. The highest BCUT2D eigenvalue weighted by atomic mass is 19.1. The van der Waals surface area contributed by atoms with Gasteiger partial charge in [-0.25, -0.2) is 4.39 Å². The van der Waals surface area contributed by atoms with E-state index in [0.29, 0.717) is 11.1 Å². The van der Waals surface area contributed by atoms with Gasteiger partial charge in [0.05, 0.1) is 7.11 Å². The van der Waals surface area contributed by atoms with Gasteiger partial charge in [0.25, 0.3) is 0 Å². The summed E-state index contributed by atoms with van der Waals surface area (Å²) in [4.78, 5) is 0. The Bertz CT molecular complexity index is 414. The molecule has 4 heteroatoms. The van der Waals surface area contributed by atoms with Crippen molar-refractivity contribution in [2.45, 2.75) is 25.3 Å². The SMILES string of the molecule is COc1c(F)cc(C2(N)CC2)c(C)c1O. The number of benzene rings is 1. The minimum atomic E-state index is -0.563. The molecule has 3 N–H and O–H groups in total. The summed E-state index contributed by atoms with van der Waals surface area (Å²) in [6.45, 7) is 1.72. The van der Waals surface area contributed by atoms with Crippen molar-refractivity contribution in [3.8, 4) is 11.5 Å². The molecule has 0 aromatic heterocycles. The molecule has 1 aromatic rings. The van der Waals surface area contributed by atoms with Gasteiger partial charge in [0.2, 0.25) is 0 Å². The van der Waals surface area contributed by atoms with Gasteiger partial charge in [-0.2, -0.15) is 0 Å². The monoisotopic (exact) mass is 211 g/mol. The maximum Gasteiger partial charge on any atom is 0.196 e. The van der Waals surface area contributed by atoms with Crippen LogP contribution in [0.1, 0.15) is 24.0 Å². The van der Waals surface area contributed by atoms with Gasteiger partial charge in [0.1, 0.15) is 0 Å². The summed E-state index contributed by atoms with van der Waals surface area (Å²) >= 11 is 0. The summed E-state index contributed by atoms with van der Waals surface area (Å²) in [7, 11) is 1.33. The van der Waals surface area contributed by atoms with Crippen LogP contribution in [0, 0.1) is 12.7 Å². The van der Waals surface area contributed by atoms with Crippen LogP contribution < -0.4 is 10.5 Å². The van der Waals surface area contributed by atoms with Gasteiger partial charge in [0.15, 0.2) is 17.3 Å². The Morgan fingerprint density at radius 1 is 1.53 bits per heavy atom. The molecule has 0 amide bonds. The maximum atomic E-state index is 13.5. The highest BCUT2D eigenvalue weighted by molar-refractivity contribution is 5.53. The lowest BCUT2D eigenvalue weighted by Crippen LogP contribution is -2.20. The van der Waals surface area contributed by atoms with Gasteiger partial charge in [-0.05, 0) is 37.0 Å². The average Bonchev–Trinajstić information content (AvgIpc) is 2.92. The van der Waals surface area contributed by atoms with Crippen LogP contribution in [-0.4, -0.2) is 12.2 Å². The molecular weight excluding hydrogens is 197 g/mol. The van der Waals surface area contributed by atoms with Crippen molar-refractivity contribution in [3.05, 3.63) is 23.0 Å². The third kappa shape index (κ3) is 1.45. The number of halogens is 1. The molecule has 0 spiro atoms. The molecule has 0 atom stereocenters. The van der Waals surface area contributed by atoms with E-state index in [4.69, 9.17) is 10.5 Å². The van der Waals surface area contributed by atoms with E-state index < -0.39 is 11.4 Å². The third-order valence-electron chi connectivity index (χ3n) is 2.99. The number of phenolic OH excluding ortho intramolecular Hbond substituents is 1. The average molecular weight is 211 g/mol. The van der Waals surface area contributed by atoms with E-state index in [-0.39, 0.29) is 11.5 Å². The number of hydrogen-bond acceptors (Lipinski definition) is 3. The van der Waals surface area contributed by atoms with Crippen molar-refractivity contribution in [2.24, 2.45) is 5.73 Å². The molecular formula is C11H14FNO2. The van der Waals surface area contributed by atoms with E-state index in [0.717, 1.165) is 12.8 Å². The molecule has 0 saturated heterocycles. The largest absolute Gasteiger partial charge is 0.504 e. The molecule has 2 rings (SSSR count). The first-order valence-electron chi connectivity index (χ1n) is 4.85. The third-order valence-corrected chi connectivity index (χ3v) is 2.99. The van der Waals surface area contributed by atoms with Gasteiger partial charge < -0.3 is 15.6 Å². The fourth-order valence-electron chi connectivity index (χ4n) is 1.83. The summed E-state index contributed by atoms with van der Waals surface area (Å²) in [6.07, 6.45) is 1.66. The number of hydrogen-bond donors (Lipinski definition) is 2. The lowest BCUT2D eigenvalue weighted by atomic mass is 9.98. The second-order valence-electron chi connectivity index (χ2n) is 4.07. The molecule has 1 aliphatic rings. The van der Waals surface area contributed by atoms with Gasteiger partial charge >= 0.3 is 0 Å². The molecule has 0 unspecified atom stereocenters. The summed E-state index contributed by atoms with van der Waals surface area (Å²) in [6, 6.07) is 1.36. The molecule has 82 valence electrons. The van der Waals surface area contributed by atoms with Crippen LogP contribution in [0.4, 0.5) is 4.39 Å². The molecule has 1 aliphatic carbocycles. The van der Waals surface area contributed by atoms with E-state index >= 15 is 0 Å². The zero-order chi connectivity index (χ0) is 11.2. The quantitative estimate of drug-likeness (QED) is 0.784. The van der Waals surface area contributed by atoms with Crippen molar-refractivity contribution in [1.29, 1.82) is 0 Å². The molecule has 1 fully saturated rings.